The topological polar surface area (TPSA) is 58.6 Å². The molecule has 1 heterocycles. The number of carbonyl (C=O) groups is 2. The van der Waals surface area contributed by atoms with Crippen molar-refractivity contribution in [1.29, 1.82) is 0 Å². The SMILES string of the molecule is Cc1cc(C)cc(C(=O)NCC(=O)N2CCO[C@H](c3ccc(F)cc3)C2)c1. The molecule has 1 aliphatic rings. The van der Waals surface area contributed by atoms with E-state index in [1.807, 2.05) is 19.9 Å². The molecule has 0 bridgehead atoms. The average Bonchev–Trinajstić information content (AvgIpc) is 2.65. The Hall–Kier alpha value is -2.73. The molecule has 1 atom stereocenters. The first-order chi connectivity index (χ1) is 12.9. The molecule has 0 saturated carbocycles. The molecule has 1 saturated heterocycles. The lowest BCUT2D eigenvalue weighted by molar-refractivity contribution is -0.137. The van der Waals surface area contributed by atoms with E-state index in [9.17, 15) is 14.0 Å². The van der Waals surface area contributed by atoms with Gasteiger partial charge >= 0.3 is 0 Å². The molecule has 1 fully saturated rings. The third-order valence-corrected chi connectivity index (χ3v) is 4.54. The highest BCUT2D eigenvalue weighted by Crippen LogP contribution is 2.22. The number of benzene rings is 2. The lowest BCUT2D eigenvalue weighted by Crippen LogP contribution is -2.46. The number of morpholine rings is 1. The van der Waals surface area contributed by atoms with E-state index in [-0.39, 0.29) is 30.3 Å². The number of hydrogen-bond acceptors (Lipinski definition) is 3. The molecular weight excluding hydrogens is 347 g/mol. The van der Waals surface area contributed by atoms with Crippen molar-refractivity contribution in [3.8, 4) is 0 Å². The Bertz CT molecular complexity index is 816. The van der Waals surface area contributed by atoms with Crippen LogP contribution in [0, 0.1) is 19.7 Å². The van der Waals surface area contributed by atoms with E-state index in [1.54, 1.807) is 29.2 Å². The van der Waals surface area contributed by atoms with Crippen LogP contribution in [0.25, 0.3) is 0 Å². The lowest BCUT2D eigenvalue weighted by atomic mass is 10.1. The number of nitrogens with zero attached hydrogens (tertiary/aromatic N) is 1. The molecule has 0 aliphatic carbocycles. The van der Waals surface area contributed by atoms with Crippen LogP contribution in [-0.2, 0) is 9.53 Å². The summed E-state index contributed by atoms with van der Waals surface area (Å²) in [6, 6.07) is 11.7. The fourth-order valence-corrected chi connectivity index (χ4v) is 3.23. The first-order valence-electron chi connectivity index (χ1n) is 8.94. The van der Waals surface area contributed by atoms with Crippen molar-refractivity contribution in [3.63, 3.8) is 0 Å². The maximum Gasteiger partial charge on any atom is 0.251 e. The van der Waals surface area contributed by atoms with Crippen LogP contribution in [0.3, 0.4) is 0 Å². The fraction of sp³-hybridized carbons (Fsp3) is 0.333. The standard InChI is InChI=1S/C21H23FN2O3/c1-14-9-15(2)11-17(10-14)21(26)23-12-20(25)24-7-8-27-19(13-24)16-3-5-18(22)6-4-16/h3-6,9-11,19H,7-8,12-13H2,1-2H3,(H,23,26)/t19-/m0/s1. The number of hydrogen-bond donors (Lipinski definition) is 1. The smallest absolute Gasteiger partial charge is 0.251 e. The van der Waals surface area contributed by atoms with E-state index >= 15 is 0 Å². The molecule has 0 unspecified atom stereocenters. The number of nitrogens with one attached hydrogen (secondary N) is 1. The van der Waals surface area contributed by atoms with Crippen molar-refractivity contribution in [2.24, 2.45) is 0 Å². The fourth-order valence-electron chi connectivity index (χ4n) is 3.23. The van der Waals surface area contributed by atoms with Crippen LogP contribution in [0.1, 0.15) is 33.2 Å². The number of carbonyl (C=O) groups excluding carboxylic acids is 2. The summed E-state index contributed by atoms with van der Waals surface area (Å²) < 4.78 is 18.8. The van der Waals surface area contributed by atoms with Gasteiger partial charge in [0.25, 0.3) is 5.91 Å². The van der Waals surface area contributed by atoms with Crippen LogP contribution in [0.4, 0.5) is 4.39 Å². The highest BCUT2D eigenvalue weighted by atomic mass is 19.1. The summed E-state index contributed by atoms with van der Waals surface area (Å²) in [5, 5.41) is 2.69. The number of rotatable bonds is 4. The number of halogens is 1. The zero-order chi connectivity index (χ0) is 19.4. The summed E-state index contributed by atoms with van der Waals surface area (Å²) in [6.07, 6.45) is -0.293. The third kappa shape index (κ3) is 4.92. The van der Waals surface area contributed by atoms with Crippen LogP contribution >= 0.6 is 0 Å². The lowest BCUT2D eigenvalue weighted by Gasteiger charge is -2.33. The van der Waals surface area contributed by atoms with Crippen molar-refractivity contribution in [3.05, 3.63) is 70.5 Å². The molecule has 2 amide bonds. The maximum absolute atomic E-state index is 13.1. The van der Waals surface area contributed by atoms with Gasteiger partial charge < -0.3 is 15.0 Å². The van der Waals surface area contributed by atoms with Gasteiger partial charge in [-0.05, 0) is 43.7 Å². The minimum Gasteiger partial charge on any atom is -0.370 e. The van der Waals surface area contributed by atoms with E-state index in [0.717, 1.165) is 16.7 Å². The van der Waals surface area contributed by atoms with Gasteiger partial charge in [-0.15, -0.1) is 0 Å². The molecule has 0 spiro atoms. The number of aryl methyl sites for hydroxylation is 2. The van der Waals surface area contributed by atoms with Crippen molar-refractivity contribution in [1.82, 2.24) is 10.2 Å². The minimum atomic E-state index is -0.309. The van der Waals surface area contributed by atoms with Gasteiger partial charge in [0.1, 0.15) is 11.9 Å². The van der Waals surface area contributed by atoms with Gasteiger partial charge in [0.15, 0.2) is 0 Å². The van der Waals surface area contributed by atoms with E-state index in [4.69, 9.17) is 4.74 Å². The van der Waals surface area contributed by atoms with Crippen molar-refractivity contribution >= 4 is 11.8 Å². The molecule has 6 heteroatoms. The molecule has 0 radical (unpaired) electrons. The van der Waals surface area contributed by atoms with E-state index < -0.39 is 0 Å². The molecule has 3 rings (SSSR count). The molecule has 0 aromatic heterocycles. The Morgan fingerprint density at radius 2 is 1.81 bits per heavy atom. The first kappa shape index (κ1) is 19.0. The van der Waals surface area contributed by atoms with E-state index in [1.165, 1.54) is 12.1 Å². The summed E-state index contributed by atoms with van der Waals surface area (Å²) in [5.41, 5.74) is 3.38. The van der Waals surface area contributed by atoms with Gasteiger partial charge in [0.2, 0.25) is 5.91 Å². The summed E-state index contributed by atoms with van der Waals surface area (Å²) in [6.45, 7) is 5.04. The molecule has 2 aromatic rings. The van der Waals surface area contributed by atoms with E-state index in [0.29, 0.717) is 25.3 Å². The van der Waals surface area contributed by atoms with Gasteiger partial charge in [-0.25, -0.2) is 4.39 Å². The first-order valence-corrected chi connectivity index (χ1v) is 8.94. The van der Waals surface area contributed by atoms with Crippen LogP contribution in [0.2, 0.25) is 0 Å². The molecule has 27 heavy (non-hydrogen) atoms. The number of amides is 2. The Morgan fingerprint density at radius 3 is 2.48 bits per heavy atom. The Labute approximate surface area is 158 Å². The quantitative estimate of drug-likeness (QED) is 0.900. The maximum atomic E-state index is 13.1. The van der Waals surface area contributed by atoms with E-state index in [2.05, 4.69) is 5.32 Å². The number of ether oxygens (including phenoxy) is 1. The zero-order valence-electron chi connectivity index (χ0n) is 15.5. The normalized spacial score (nSPS) is 16.9. The van der Waals surface area contributed by atoms with Gasteiger partial charge in [-0.2, -0.15) is 0 Å². The third-order valence-electron chi connectivity index (χ3n) is 4.54. The predicted molar refractivity (Wildman–Crippen MR) is 99.9 cm³/mol. The Balaban J connectivity index is 1.57. The second kappa shape index (κ2) is 8.31. The molecule has 1 N–H and O–H groups in total. The van der Waals surface area contributed by atoms with Gasteiger partial charge in [0, 0.05) is 12.1 Å². The highest BCUT2D eigenvalue weighted by Gasteiger charge is 2.25. The second-order valence-corrected chi connectivity index (χ2v) is 6.81. The van der Waals surface area contributed by atoms with Crippen LogP contribution < -0.4 is 5.32 Å². The summed E-state index contributed by atoms with van der Waals surface area (Å²) >= 11 is 0. The Kier molecular flexibility index (Phi) is 5.86. The van der Waals surface area contributed by atoms with Crippen LogP contribution in [0.5, 0.6) is 0 Å². The Morgan fingerprint density at radius 1 is 1.15 bits per heavy atom. The molecule has 5 nitrogen and oxygen atoms in total. The minimum absolute atomic E-state index is 0.0675. The monoisotopic (exact) mass is 370 g/mol. The van der Waals surface area contributed by atoms with Gasteiger partial charge in [0.05, 0.1) is 19.7 Å². The molecule has 1 aliphatic heterocycles. The zero-order valence-corrected chi connectivity index (χ0v) is 15.5. The molecule has 142 valence electrons. The van der Waals surface area contributed by atoms with Gasteiger partial charge in [-0.3, -0.25) is 9.59 Å². The summed E-state index contributed by atoms with van der Waals surface area (Å²) in [4.78, 5) is 26.5. The van der Waals surface area contributed by atoms with Gasteiger partial charge in [-0.1, -0.05) is 29.3 Å². The highest BCUT2D eigenvalue weighted by molar-refractivity contribution is 5.96. The largest absolute Gasteiger partial charge is 0.370 e. The average molecular weight is 370 g/mol. The molecular formula is C21H23FN2O3. The summed E-state index contributed by atoms with van der Waals surface area (Å²) in [5.74, 6) is -0.738. The van der Waals surface area contributed by atoms with Crippen molar-refractivity contribution in [2.45, 2.75) is 20.0 Å². The summed E-state index contributed by atoms with van der Waals surface area (Å²) in [7, 11) is 0. The molecule has 2 aromatic carbocycles. The van der Waals surface area contributed by atoms with Crippen molar-refractivity contribution in [2.75, 3.05) is 26.2 Å². The van der Waals surface area contributed by atoms with Crippen LogP contribution in [0.15, 0.2) is 42.5 Å². The second-order valence-electron chi connectivity index (χ2n) is 6.81. The van der Waals surface area contributed by atoms with Crippen LogP contribution in [-0.4, -0.2) is 43.0 Å². The predicted octanol–water partition coefficient (Wildman–Crippen LogP) is 2.77. The van der Waals surface area contributed by atoms with Crippen molar-refractivity contribution < 1.29 is 18.7 Å².